The van der Waals surface area contributed by atoms with E-state index in [0.29, 0.717) is 0 Å². The van der Waals surface area contributed by atoms with E-state index in [2.05, 4.69) is 109 Å². The monoisotopic (exact) mass is 349 g/mol. The van der Waals surface area contributed by atoms with Gasteiger partial charge in [-0.05, 0) is 52.4 Å². The van der Waals surface area contributed by atoms with Gasteiger partial charge < -0.3 is 5.32 Å². The minimum absolute atomic E-state index is 1.14. The van der Waals surface area contributed by atoms with Crippen LogP contribution in [0.15, 0.2) is 97.1 Å². The first-order chi connectivity index (χ1) is 13.3. The summed E-state index contributed by atoms with van der Waals surface area (Å²) in [6, 6.07) is 34.4. The molecule has 0 aliphatic rings. The molecule has 0 amide bonds. The molecule has 0 saturated heterocycles. The van der Waals surface area contributed by atoms with Crippen LogP contribution >= 0.6 is 0 Å². The summed E-state index contributed by atoms with van der Waals surface area (Å²) in [5.74, 6) is 0. The van der Waals surface area contributed by atoms with Crippen LogP contribution in [-0.2, 0) is 0 Å². The molecule has 0 aromatic heterocycles. The molecule has 27 heavy (non-hydrogen) atoms. The highest BCUT2D eigenvalue weighted by atomic mass is 14.8. The summed E-state index contributed by atoms with van der Waals surface area (Å²) in [7, 11) is 1.98. The summed E-state index contributed by atoms with van der Waals surface area (Å²) < 4.78 is 0. The third-order valence-corrected chi connectivity index (χ3v) is 4.99. The lowest BCUT2D eigenvalue weighted by molar-refractivity contribution is 1.43. The van der Waals surface area contributed by atoms with Crippen molar-refractivity contribution >= 4 is 5.69 Å². The fourth-order valence-corrected chi connectivity index (χ4v) is 3.71. The van der Waals surface area contributed by atoms with Crippen molar-refractivity contribution in [3.05, 3.63) is 103 Å². The zero-order valence-electron chi connectivity index (χ0n) is 15.7. The first-order valence-corrected chi connectivity index (χ1v) is 9.30. The summed E-state index contributed by atoms with van der Waals surface area (Å²) in [6.45, 7) is 2.21. The van der Waals surface area contributed by atoms with Crippen LogP contribution in [-0.4, -0.2) is 7.05 Å². The van der Waals surface area contributed by atoms with Crippen LogP contribution in [0.4, 0.5) is 5.69 Å². The Morgan fingerprint density at radius 3 is 1.81 bits per heavy atom. The zero-order valence-corrected chi connectivity index (χ0v) is 15.7. The molecule has 4 rings (SSSR count). The van der Waals surface area contributed by atoms with Gasteiger partial charge >= 0.3 is 0 Å². The van der Waals surface area contributed by atoms with E-state index in [0.717, 1.165) is 5.69 Å². The molecule has 0 aliphatic heterocycles. The Balaban J connectivity index is 2.01. The van der Waals surface area contributed by atoms with Gasteiger partial charge in [0.25, 0.3) is 0 Å². The molecule has 4 aromatic rings. The molecule has 0 spiro atoms. The normalized spacial score (nSPS) is 10.6. The van der Waals surface area contributed by atoms with Crippen molar-refractivity contribution in [1.29, 1.82) is 0 Å². The fourth-order valence-electron chi connectivity index (χ4n) is 3.71. The quantitative estimate of drug-likeness (QED) is 0.417. The van der Waals surface area contributed by atoms with E-state index in [-0.39, 0.29) is 0 Å². The molecule has 132 valence electrons. The van der Waals surface area contributed by atoms with Crippen LogP contribution in [0.25, 0.3) is 33.4 Å². The predicted octanol–water partition coefficient (Wildman–Crippen LogP) is 7.04. The van der Waals surface area contributed by atoms with Gasteiger partial charge in [0.2, 0.25) is 0 Å². The third-order valence-electron chi connectivity index (χ3n) is 4.99. The van der Waals surface area contributed by atoms with Gasteiger partial charge in [-0.2, -0.15) is 0 Å². The molecule has 1 heteroatoms. The van der Waals surface area contributed by atoms with Gasteiger partial charge in [-0.15, -0.1) is 0 Å². The van der Waals surface area contributed by atoms with Gasteiger partial charge in [-0.25, -0.2) is 0 Å². The first kappa shape index (κ1) is 17.1. The average Bonchev–Trinajstić information content (AvgIpc) is 2.74. The van der Waals surface area contributed by atoms with Crippen LogP contribution < -0.4 is 5.32 Å². The second-order valence-electron chi connectivity index (χ2n) is 6.74. The van der Waals surface area contributed by atoms with Crippen LogP contribution in [0.1, 0.15) is 5.56 Å². The number of hydrogen-bond donors (Lipinski definition) is 1. The zero-order chi connectivity index (χ0) is 18.6. The van der Waals surface area contributed by atoms with Gasteiger partial charge in [0, 0.05) is 18.3 Å². The molecule has 0 unspecified atom stereocenters. The van der Waals surface area contributed by atoms with Crippen LogP contribution in [0, 0.1) is 6.92 Å². The summed E-state index contributed by atoms with van der Waals surface area (Å²) in [4.78, 5) is 0. The van der Waals surface area contributed by atoms with E-state index >= 15 is 0 Å². The minimum Gasteiger partial charge on any atom is -0.388 e. The molecule has 0 atom stereocenters. The number of hydrogen-bond acceptors (Lipinski definition) is 1. The summed E-state index contributed by atoms with van der Waals surface area (Å²) in [5.41, 5.74) is 9.92. The predicted molar refractivity (Wildman–Crippen MR) is 117 cm³/mol. The molecule has 0 fully saturated rings. The van der Waals surface area contributed by atoms with Crippen molar-refractivity contribution in [1.82, 2.24) is 0 Å². The van der Waals surface area contributed by atoms with E-state index < -0.39 is 0 Å². The summed E-state index contributed by atoms with van der Waals surface area (Å²) >= 11 is 0. The van der Waals surface area contributed by atoms with Crippen LogP contribution in [0.5, 0.6) is 0 Å². The van der Waals surface area contributed by atoms with E-state index in [1.165, 1.54) is 38.9 Å². The SMILES string of the molecule is CNc1ccccc1-c1c(C)cc(-c2ccccc2)cc1-c1ccccc1. The Labute approximate surface area is 161 Å². The second kappa shape index (κ2) is 7.51. The van der Waals surface area contributed by atoms with Crippen molar-refractivity contribution in [2.45, 2.75) is 6.92 Å². The van der Waals surface area contributed by atoms with Gasteiger partial charge in [-0.1, -0.05) is 84.9 Å². The number of para-hydroxylation sites is 1. The van der Waals surface area contributed by atoms with Crippen molar-refractivity contribution in [2.24, 2.45) is 0 Å². The number of nitrogens with one attached hydrogen (secondary N) is 1. The molecule has 0 heterocycles. The van der Waals surface area contributed by atoms with Crippen LogP contribution in [0.3, 0.4) is 0 Å². The molecule has 0 aliphatic carbocycles. The number of benzene rings is 4. The molecule has 0 radical (unpaired) electrons. The maximum Gasteiger partial charge on any atom is 0.0417 e. The minimum atomic E-state index is 1.14. The number of aryl methyl sites for hydroxylation is 1. The molecule has 1 nitrogen and oxygen atoms in total. The fraction of sp³-hybridized carbons (Fsp3) is 0.0769. The molecule has 4 aromatic carbocycles. The maximum absolute atomic E-state index is 3.35. The van der Waals surface area contributed by atoms with E-state index in [1.54, 1.807) is 0 Å². The van der Waals surface area contributed by atoms with Crippen molar-refractivity contribution in [2.75, 3.05) is 12.4 Å². The number of anilines is 1. The smallest absolute Gasteiger partial charge is 0.0417 e. The summed E-state index contributed by atoms with van der Waals surface area (Å²) in [5, 5.41) is 3.35. The summed E-state index contributed by atoms with van der Waals surface area (Å²) in [6.07, 6.45) is 0. The Bertz CT molecular complexity index is 1050. The maximum atomic E-state index is 3.35. The lowest BCUT2D eigenvalue weighted by atomic mass is 9.87. The average molecular weight is 349 g/mol. The van der Waals surface area contributed by atoms with Gasteiger partial charge in [0.15, 0.2) is 0 Å². The highest BCUT2D eigenvalue weighted by Crippen LogP contribution is 2.41. The standard InChI is InChI=1S/C26H23N/c1-19-17-22(20-11-5-3-6-12-20)18-24(21-13-7-4-8-14-21)26(19)23-15-9-10-16-25(23)27-2/h3-18,27H,1-2H3. The largest absolute Gasteiger partial charge is 0.388 e. The lowest BCUT2D eigenvalue weighted by Crippen LogP contribution is -1.96. The third kappa shape index (κ3) is 3.37. The van der Waals surface area contributed by atoms with Crippen LogP contribution in [0.2, 0.25) is 0 Å². The highest BCUT2D eigenvalue weighted by Gasteiger charge is 2.15. The van der Waals surface area contributed by atoms with Crippen molar-refractivity contribution in [3.8, 4) is 33.4 Å². The van der Waals surface area contributed by atoms with Crippen molar-refractivity contribution in [3.63, 3.8) is 0 Å². The molecule has 1 N–H and O–H groups in total. The van der Waals surface area contributed by atoms with Gasteiger partial charge in [0.05, 0.1) is 0 Å². The Kier molecular flexibility index (Phi) is 4.76. The highest BCUT2D eigenvalue weighted by molar-refractivity contribution is 5.93. The Hall–Kier alpha value is -3.32. The van der Waals surface area contributed by atoms with Crippen molar-refractivity contribution < 1.29 is 0 Å². The van der Waals surface area contributed by atoms with Gasteiger partial charge in [0.1, 0.15) is 0 Å². The van der Waals surface area contributed by atoms with E-state index in [1.807, 2.05) is 7.05 Å². The topological polar surface area (TPSA) is 12.0 Å². The number of rotatable bonds is 4. The first-order valence-electron chi connectivity index (χ1n) is 9.30. The molecule has 0 bridgehead atoms. The van der Waals surface area contributed by atoms with E-state index in [4.69, 9.17) is 0 Å². The van der Waals surface area contributed by atoms with Gasteiger partial charge in [-0.3, -0.25) is 0 Å². The Morgan fingerprint density at radius 2 is 1.15 bits per heavy atom. The van der Waals surface area contributed by atoms with E-state index in [9.17, 15) is 0 Å². The lowest BCUT2D eigenvalue weighted by Gasteiger charge is -2.19. The molecule has 0 saturated carbocycles. The Morgan fingerprint density at radius 1 is 0.556 bits per heavy atom. The molecular weight excluding hydrogens is 326 g/mol. The second-order valence-corrected chi connectivity index (χ2v) is 6.74. The molecular formula is C26H23N.